The normalized spacial score (nSPS) is 23.6. The summed E-state index contributed by atoms with van der Waals surface area (Å²) in [6.07, 6.45) is -1.19. The fourth-order valence-electron chi connectivity index (χ4n) is 3.59. The molecule has 2 N–H and O–H groups in total. The molecule has 28 heavy (non-hydrogen) atoms. The molecule has 0 saturated carbocycles. The summed E-state index contributed by atoms with van der Waals surface area (Å²) < 4.78 is 51.4. The van der Waals surface area contributed by atoms with Crippen molar-refractivity contribution in [2.75, 3.05) is 44.7 Å². The van der Waals surface area contributed by atoms with E-state index in [-0.39, 0.29) is 41.9 Å². The van der Waals surface area contributed by atoms with Crippen LogP contribution in [0.4, 0.5) is 23.4 Å². The van der Waals surface area contributed by atoms with Crippen LogP contribution in [-0.4, -0.2) is 73.9 Å². The zero-order valence-corrected chi connectivity index (χ0v) is 17.9. The summed E-state index contributed by atoms with van der Waals surface area (Å²) in [5.41, 5.74) is 0. The van der Waals surface area contributed by atoms with Crippen LogP contribution in [-0.2, 0) is 0 Å². The molecule has 1 aromatic heterocycles. The lowest BCUT2D eigenvalue weighted by molar-refractivity contribution is -0.143. The summed E-state index contributed by atoms with van der Waals surface area (Å²) in [5, 5.41) is 6.48. The number of aliphatic imine (C=N–C) groups is 1. The van der Waals surface area contributed by atoms with Crippen LogP contribution in [0.2, 0.25) is 0 Å². The van der Waals surface area contributed by atoms with Crippen molar-refractivity contribution in [3.63, 3.8) is 0 Å². The van der Waals surface area contributed by atoms with Gasteiger partial charge in [0, 0.05) is 51.5 Å². The second-order valence-corrected chi connectivity index (χ2v) is 6.94. The number of likely N-dealkylation sites (tertiary alicyclic amines) is 1. The Morgan fingerprint density at radius 1 is 1.21 bits per heavy atom. The first-order valence-corrected chi connectivity index (χ1v) is 8.98. The highest BCUT2D eigenvalue weighted by Crippen LogP contribution is 2.21. The zero-order valence-electron chi connectivity index (χ0n) is 15.5. The number of aromatic nitrogens is 1. The van der Waals surface area contributed by atoms with Gasteiger partial charge < -0.3 is 15.5 Å². The molecule has 2 saturated heterocycles. The molecule has 6 nitrogen and oxygen atoms in total. The number of rotatable bonds is 4. The molecule has 0 spiro atoms. The minimum atomic E-state index is -4.18. The Labute approximate surface area is 178 Å². The van der Waals surface area contributed by atoms with Crippen LogP contribution in [0.15, 0.2) is 23.3 Å². The van der Waals surface area contributed by atoms with E-state index in [2.05, 4.69) is 20.6 Å². The third-order valence-corrected chi connectivity index (χ3v) is 4.81. The molecule has 0 aliphatic carbocycles. The van der Waals surface area contributed by atoms with Crippen molar-refractivity contribution in [1.29, 1.82) is 0 Å². The van der Waals surface area contributed by atoms with Gasteiger partial charge in [-0.15, -0.1) is 24.0 Å². The Morgan fingerprint density at radius 3 is 2.54 bits per heavy atom. The minimum absolute atomic E-state index is 0. The molecule has 2 atom stereocenters. The lowest BCUT2D eigenvalue weighted by Gasteiger charge is -2.22. The number of hydrogen-bond donors (Lipinski definition) is 2. The van der Waals surface area contributed by atoms with Crippen molar-refractivity contribution >= 4 is 35.8 Å². The Hall–Kier alpha value is -1.37. The topological polar surface area (TPSA) is 55.8 Å². The van der Waals surface area contributed by atoms with E-state index in [0.717, 1.165) is 6.42 Å². The molecular formula is C17H25F4IN6. The Kier molecular flexibility index (Phi) is 8.10. The van der Waals surface area contributed by atoms with E-state index < -0.39 is 12.7 Å². The van der Waals surface area contributed by atoms with Gasteiger partial charge in [0.1, 0.15) is 0 Å². The zero-order chi connectivity index (χ0) is 19.4. The number of alkyl halides is 3. The van der Waals surface area contributed by atoms with E-state index in [9.17, 15) is 17.6 Å². The monoisotopic (exact) mass is 516 g/mol. The molecule has 2 fully saturated rings. The van der Waals surface area contributed by atoms with Crippen molar-refractivity contribution in [2.24, 2.45) is 4.99 Å². The first-order valence-electron chi connectivity index (χ1n) is 8.98. The van der Waals surface area contributed by atoms with Gasteiger partial charge in [0.05, 0.1) is 6.54 Å². The summed E-state index contributed by atoms with van der Waals surface area (Å²) in [4.78, 5) is 11.5. The van der Waals surface area contributed by atoms with Gasteiger partial charge in [-0.2, -0.15) is 13.2 Å². The lowest BCUT2D eigenvalue weighted by Crippen LogP contribution is -2.49. The Bertz CT molecular complexity index is 671. The molecule has 0 radical (unpaired) electrons. The van der Waals surface area contributed by atoms with Crippen LogP contribution in [0.3, 0.4) is 0 Å². The van der Waals surface area contributed by atoms with Crippen molar-refractivity contribution in [3.05, 3.63) is 24.1 Å². The van der Waals surface area contributed by atoms with Gasteiger partial charge in [-0.25, -0.2) is 9.37 Å². The lowest BCUT2D eigenvalue weighted by atomic mass is 10.2. The highest BCUT2D eigenvalue weighted by Gasteiger charge is 2.34. The highest BCUT2D eigenvalue weighted by molar-refractivity contribution is 14.0. The highest BCUT2D eigenvalue weighted by atomic mass is 127. The number of nitrogens with zero attached hydrogens (tertiary/aromatic N) is 4. The maximum Gasteiger partial charge on any atom is 0.401 e. The van der Waals surface area contributed by atoms with E-state index in [1.165, 1.54) is 11.0 Å². The molecule has 158 valence electrons. The van der Waals surface area contributed by atoms with Crippen LogP contribution in [0.1, 0.15) is 12.8 Å². The second-order valence-electron chi connectivity index (χ2n) is 6.94. The molecule has 2 aliphatic rings. The summed E-state index contributed by atoms with van der Waals surface area (Å²) in [7, 11) is 1.63. The largest absolute Gasteiger partial charge is 0.401 e. The van der Waals surface area contributed by atoms with Crippen LogP contribution in [0, 0.1) is 5.82 Å². The molecule has 1 aromatic rings. The summed E-state index contributed by atoms with van der Waals surface area (Å²) in [6.45, 7) is 1.11. The van der Waals surface area contributed by atoms with Crippen LogP contribution in [0.5, 0.6) is 0 Å². The van der Waals surface area contributed by atoms with E-state index in [0.29, 0.717) is 44.4 Å². The van der Waals surface area contributed by atoms with Gasteiger partial charge in [0.15, 0.2) is 17.6 Å². The van der Waals surface area contributed by atoms with Crippen molar-refractivity contribution in [2.45, 2.75) is 31.1 Å². The fourth-order valence-corrected chi connectivity index (χ4v) is 3.59. The van der Waals surface area contributed by atoms with E-state index in [4.69, 9.17) is 0 Å². The molecule has 3 heterocycles. The number of nitrogens with one attached hydrogen (secondary N) is 2. The molecule has 2 aliphatic heterocycles. The van der Waals surface area contributed by atoms with Crippen molar-refractivity contribution in [1.82, 2.24) is 20.5 Å². The number of guanidine groups is 1. The third kappa shape index (κ3) is 6.33. The summed E-state index contributed by atoms with van der Waals surface area (Å²) in [6, 6.07) is 2.92. The number of pyridine rings is 1. The van der Waals surface area contributed by atoms with Crippen LogP contribution < -0.4 is 15.5 Å². The van der Waals surface area contributed by atoms with Crippen molar-refractivity contribution in [3.8, 4) is 0 Å². The molecule has 0 aromatic carbocycles. The minimum Gasteiger partial charge on any atom is -0.352 e. The van der Waals surface area contributed by atoms with Gasteiger partial charge in [0.2, 0.25) is 0 Å². The van der Waals surface area contributed by atoms with E-state index >= 15 is 0 Å². The van der Waals surface area contributed by atoms with Gasteiger partial charge in [0.25, 0.3) is 0 Å². The van der Waals surface area contributed by atoms with Gasteiger partial charge >= 0.3 is 6.18 Å². The van der Waals surface area contributed by atoms with Crippen LogP contribution >= 0.6 is 24.0 Å². The predicted molar refractivity (Wildman–Crippen MR) is 111 cm³/mol. The smallest absolute Gasteiger partial charge is 0.352 e. The first-order chi connectivity index (χ1) is 12.8. The number of hydrogen-bond acceptors (Lipinski definition) is 4. The van der Waals surface area contributed by atoms with E-state index in [1.807, 2.05) is 4.90 Å². The number of halogens is 5. The van der Waals surface area contributed by atoms with E-state index in [1.54, 1.807) is 19.3 Å². The molecule has 11 heteroatoms. The Morgan fingerprint density at radius 2 is 1.89 bits per heavy atom. The van der Waals surface area contributed by atoms with Gasteiger partial charge in [-0.3, -0.25) is 9.89 Å². The maximum atomic E-state index is 13.9. The average Bonchev–Trinajstić information content (AvgIpc) is 3.23. The molecular weight excluding hydrogens is 491 g/mol. The quantitative estimate of drug-likeness (QED) is 0.279. The molecule has 0 bridgehead atoms. The first kappa shape index (κ1) is 22.9. The second kappa shape index (κ2) is 9.90. The van der Waals surface area contributed by atoms with Crippen molar-refractivity contribution < 1.29 is 17.6 Å². The average molecular weight is 516 g/mol. The van der Waals surface area contributed by atoms with Gasteiger partial charge in [-0.05, 0) is 25.0 Å². The molecule has 3 rings (SSSR count). The maximum absolute atomic E-state index is 13.9. The van der Waals surface area contributed by atoms with Gasteiger partial charge in [-0.1, -0.05) is 0 Å². The predicted octanol–water partition coefficient (Wildman–Crippen LogP) is 2.22. The van der Waals surface area contributed by atoms with Crippen LogP contribution in [0.25, 0.3) is 0 Å². The fraction of sp³-hybridized carbons (Fsp3) is 0.647. The molecule has 2 unspecified atom stereocenters. The number of anilines is 1. The SMILES string of the molecule is CN=C(NC1CCN(CC(F)(F)F)C1)NC1CCN(c2ncccc2F)C1.I. The summed E-state index contributed by atoms with van der Waals surface area (Å²) >= 11 is 0. The summed E-state index contributed by atoms with van der Waals surface area (Å²) in [5.74, 6) is 0.543. The Balaban J connectivity index is 0.00000280. The third-order valence-electron chi connectivity index (χ3n) is 4.81. The molecule has 0 amide bonds. The standard InChI is InChI=1S/C17H24F4N6.HI/c1-22-16(24-12-4-7-26(9-12)11-17(19,20)21)25-13-5-8-27(10-13)15-14(18)3-2-6-23-15;/h2-3,6,12-13H,4-5,7-11H2,1H3,(H2,22,24,25);1H.